The van der Waals surface area contributed by atoms with Crippen LogP contribution in [0.5, 0.6) is 0 Å². The highest BCUT2D eigenvalue weighted by molar-refractivity contribution is 6.01. The summed E-state index contributed by atoms with van der Waals surface area (Å²) in [4.78, 5) is 29.5. The van der Waals surface area contributed by atoms with Gasteiger partial charge in [0.15, 0.2) is 0 Å². The Kier molecular flexibility index (Phi) is 5.53. The fraction of sp³-hybridized carbons (Fsp3) is 0.217. The van der Waals surface area contributed by atoms with Crippen molar-refractivity contribution in [3.05, 3.63) is 83.6 Å². The first-order valence-corrected chi connectivity index (χ1v) is 10.1. The van der Waals surface area contributed by atoms with Crippen LogP contribution in [-0.4, -0.2) is 37.0 Å². The number of hydrogen-bond donors (Lipinski definition) is 2. The number of imidazole rings is 1. The summed E-state index contributed by atoms with van der Waals surface area (Å²) in [6.07, 6.45) is 6.82. The van der Waals surface area contributed by atoms with Crippen LogP contribution in [0.3, 0.4) is 0 Å². The van der Waals surface area contributed by atoms with Crippen molar-refractivity contribution in [3.8, 4) is 5.69 Å². The number of hydrogen-bond acceptors (Lipinski definition) is 4. The lowest BCUT2D eigenvalue weighted by Gasteiger charge is -2.09. The summed E-state index contributed by atoms with van der Waals surface area (Å²) in [6.45, 7) is 6.14. The molecule has 0 saturated carbocycles. The van der Waals surface area contributed by atoms with Crippen LogP contribution in [0.1, 0.15) is 45.8 Å². The summed E-state index contributed by atoms with van der Waals surface area (Å²) in [7, 11) is 0. The molecular formula is C23H24N6O2. The van der Waals surface area contributed by atoms with E-state index in [1.165, 1.54) is 6.20 Å². The fourth-order valence-electron chi connectivity index (χ4n) is 3.33. The Morgan fingerprint density at radius 3 is 2.71 bits per heavy atom. The summed E-state index contributed by atoms with van der Waals surface area (Å²) in [5, 5.41) is 10.1. The van der Waals surface area contributed by atoms with Gasteiger partial charge in [-0.15, -0.1) is 0 Å². The fourth-order valence-corrected chi connectivity index (χ4v) is 3.33. The number of carbonyl (C=O) groups excluding carboxylic acids is 2. The molecule has 0 aliphatic heterocycles. The van der Waals surface area contributed by atoms with Gasteiger partial charge in [-0.1, -0.05) is 12.1 Å². The first-order valence-electron chi connectivity index (χ1n) is 10.1. The molecule has 0 unspecified atom stereocenters. The van der Waals surface area contributed by atoms with Crippen molar-refractivity contribution < 1.29 is 9.59 Å². The molecule has 0 atom stereocenters. The molecule has 0 spiro atoms. The maximum atomic E-state index is 12.8. The maximum Gasteiger partial charge on any atom is 0.270 e. The SMILES string of the molecule is Cc1cccc(-n2cc(CNC(=O)c3cccn4c(C(=O)NC(C)C)cnc34)cn2)c1. The number of aryl methyl sites for hydroxylation is 1. The Bertz CT molecular complexity index is 1250. The van der Waals surface area contributed by atoms with Gasteiger partial charge < -0.3 is 10.6 Å². The Morgan fingerprint density at radius 2 is 1.94 bits per heavy atom. The normalized spacial score (nSPS) is 11.1. The van der Waals surface area contributed by atoms with Gasteiger partial charge in [0.1, 0.15) is 11.3 Å². The molecular weight excluding hydrogens is 392 g/mol. The number of carbonyl (C=O) groups is 2. The van der Waals surface area contributed by atoms with E-state index in [1.54, 1.807) is 33.6 Å². The number of amides is 2. The lowest BCUT2D eigenvalue weighted by molar-refractivity contribution is 0.0931. The molecule has 2 N–H and O–H groups in total. The first kappa shape index (κ1) is 20.3. The molecule has 0 radical (unpaired) electrons. The molecule has 4 rings (SSSR count). The Balaban J connectivity index is 1.49. The zero-order chi connectivity index (χ0) is 22.0. The number of pyridine rings is 1. The third-order valence-corrected chi connectivity index (χ3v) is 4.79. The summed E-state index contributed by atoms with van der Waals surface area (Å²) in [5.41, 5.74) is 4.21. The number of nitrogens with one attached hydrogen (secondary N) is 2. The first-order chi connectivity index (χ1) is 14.9. The number of benzene rings is 1. The molecule has 31 heavy (non-hydrogen) atoms. The number of fused-ring (bicyclic) bond motifs is 1. The standard InChI is InChI=1S/C23H24N6O2/c1-15(2)27-23(31)20-13-24-21-19(8-5-9-28(20)21)22(30)25-11-17-12-26-29(14-17)18-7-4-6-16(3)10-18/h4-10,12-15H,11H2,1-3H3,(H,25,30)(H,27,31). The van der Waals surface area contributed by atoms with E-state index in [0.29, 0.717) is 23.4 Å². The number of nitrogens with zero attached hydrogens (tertiary/aromatic N) is 4. The lowest BCUT2D eigenvalue weighted by atomic mass is 10.2. The highest BCUT2D eigenvalue weighted by Gasteiger charge is 2.17. The van der Waals surface area contributed by atoms with Crippen molar-refractivity contribution in [1.82, 2.24) is 29.8 Å². The van der Waals surface area contributed by atoms with Crippen LogP contribution in [0.25, 0.3) is 11.3 Å². The maximum absolute atomic E-state index is 12.8. The van der Waals surface area contributed by atoms with E-state index in [0.717, 1.165) is 16.8 Å². The van der Waals surface area contributed by atoms with Gasteiger partial charge in [0.2, 0.25) is 0 Å². The molecule has 2 amide bonds. The Hall–Kier alpha value is -3.94. The Morgan fingerprint density at radius 1 is 1.10 bits per heavy atom. The van der Waals surface area contributed by atoms with Gasteiger partial charge in [-0.3, -0.25) is 14.0 Å². The van der Waals surface area contributed by atoms with E-state index in [2.05, 4.69) is 20.7 Å². The zero-order valence-corrected chi connectivity index (χ0v) is 17.7. The van der Waals surface area contributed by atoms with Gasteiger partial charge in [0.05, 0.1) is 23.6 Å². The zero-order valence-electron chi connectivity index (χ0n) is 17.7. The van der Waals surface area contributed by atoms with E-state index in [1.807, 2.05) is 51.2 Å². The van der Waals surface area contributed by atoms with Crippen molar-refractivity contribution in [3.63, 3.8) is 0 Å². The smallest absolute Gasteiger partial charge is 0.270 e. The molecule has 1 aromatic carbocycles. The van der Waals surface area contributed by atoms with Gasteiger partial charge in [-0.2, -0.15) is 5.10 Å². The average molecular weight is 416 g/mol. The average Bonchev–Trinajstić information content (AvgIpc) is 3.38. The minimum absolute atomic E-state index is 0.00486. The molecule has 4 aromatic rings. The van der Waals surface area contributed by atoms with Gasteiger partial charge in [-0.05, 0) is 50.6 Å². The summed E-state index contributed by atoms with van der Waals surface area (Å²) in [6, 6.07) is 11.5. The largest absolute Gasteiger partial charge is 0.349 e. The summed E-state index contributed by atoms with van der Waals surface area (Å²) >= 11 is 0. The Labute approximate surface area is 179 Å². The topological polar surface area (TPSA) is 93.3 Å². The van der Waals surface area contributed by atoms with Crippen LogP contribution in [0.4, 0.5) is 0 Å². The van der Waals surface area contributed by atoms with Gasteiger partial charge in [0, 0.05) is 30.5 Å². The molecule has 8 heteroatoms. The molecule has 3 heterocycles. The highest BCUT2D eigenvalue weighted by Crippen LogP contribution is 2.14. The van der Waals surface area contributed by atoms with Crippen LogP contribution in [0.2, 0.25) is 0 Å². The van der Waals surface area contributed by atoms with Gasteiger partial charge in [-0.25, -0.2) is 9.67 Å². The van der Waals surface area contributed by atoms with Gasteiger partial charge in [0.25, 0.3) is 11.8 Å². The quantitative estimate of drug-likeness (QED) is 0.505. The van der Waals surface area contributed by atoms with Gasteiger partial charge >= 0.3 is 0 Å². The molecule has 0 aliphatic rings. The van der Waals surface area contributed by atoms with Crippen LogP contribution in [0.15, 0.2) is 61.2 Å². The predicted molar refractivity (Wildman–Crippen MR) is 117 cm³/mol. The van der Waals surface area contributed by atoms with Crippen LogP contribution in [0, 0.1) is 6.92 Å². The second-order valence-corrected chi connectivity index (χ2v) is 7.70. The molecule has 8 nitrogen and oxygen atoms in total. The van der Waals surface area contributed by atoms with E-state index < -0.39 is 0 Å². The van der Waals surface area contributed by atoms with Crippen molar-refractivity contribution in [2.75, 3.05) is 0 Å². The van der Waals surface area contributed by atoms with E-state index >= 15 is 0 Å². The second kappa shape index (κ2) is 8.43. The third-order valence-electron chi connectivity index (χ3n) is 4.79. The monoisotopic (exact) mass is 416 g/mol. The van der Waals surface area contributed by atoms with Crippen molar-refractivity contribution in [2.24, 2.45) is 0 Å². The molecule has 0 fully saturated rings. The molecule has 0 bridgehead atoms. The van der Waals surface area contributed by atoms with E-state index in [9.17, 15) is 9.59 Å². The molecule has 0 aliphatic carbocycles. The van der Waals surface area contributed by atoms with Crippen LogP contribution in [-0.2, 0) is 6.54 Å². The van der Waals surface area contributed by atoms with Crippen LogP contribution >= 0.6 is 0 Å². The molecule has 0 saturated heterocycles. The molecule has 158 valence electrons. The van der Waals surface area contributed by atoms with E-state index in [4.69, 9.17) is 0 Å². The minimum atomic E-state index is -0.268. The highest BCUT2D eigenvalue weighted by atomic mass is 16.2. The van der Waals surface area contributed by atoms with E-state index in [-0.39, 0.29) is 17.9 Å². The molecule has 3 aromatic heterocycles. The van der Waals surface area contributed by atoms with Crippen molar-refractivity contribution in [1.29, 1.82) is 0 Å². The van der Waals surface area contributed by atoms with Crippen molar-refractivity contribution in [2.45, 2.75) is 33.4 Å². The second-order valence-electron chi connectivity index (χ2n) is 7.70. The lowest BCUT2D eigenvalue weighted by Crippen LogP contribution is -2.31. The third kappa shape index (κ3) is 4.32. The minimum Gasteiger partial charge on any atom is -0.349 e. The summed E-state index contributed by atoms with van der Waals surface area (Å²) in [5.74, 6) is -0.501. The number of rotatable bonds is 6. The summed E-state index contributed by atoms with van der Waals surface area (Å²) < 4.78 is 3.41. The predicted octanol–water partition coefficient (Wildman–Crippen LogP) is 2.90. The number of aromatic nitrogens is 4. The van der Waals surface area contributed by atoms with Crippen molar-refractivity contribution >= 4 is 17.5 Å². The van der Waals surface area contributed by atoms with Crippen LogP contribution < -0.4 is 10.6 Å².